The minimum Gasteiger partial charge on any atom is -0.394 e. The van der Waals surface area contributed by atoms with Crippen molar-refractivity contribution in [2.45, 2.75) is 88.9 Å². The molecule has 0 saturated carbocycles. The number of benzene rings is 3. The summed E-state index contributed by atoms with van der Waals surface area (Å²) >= 11 is 0. The zero-order chi connectivity index (χ0) is 32.4. The number of carbonyl (C=O) groups excluding carboxylic acids is 2. The van der Waals surface area contributed by atoms with Gasteiger partial charge in [-0.3, -0.25) is 9.59 Å². The van der Waals surface area contributed by atoms with Gasteiger partial charge in [-0.25, -0.2) is 5.01 Å². The second-order valence-corrected chi connectivity index (χ2v) is 17.3. The van der Waals surface area contributed by atoms with Gasteiger partial charge in [0.15, 0.2) is 0 Å². The van der Waals surface area contributed by atoms with Gasteiger partial charge in [-0.05, 0) is 72.7 Å². The topological polar surface area (TPSA) is 82.4 Å². The Morgan fingerprint density at radius 3 is 2.48 bits per heavy atom. The molecule has 3 aromatic carbocycles. The lowest BCUT2D eigenvalue weighted by atomic mass is 9.93. The van der Waals surface area contributed by atoms with Crippen LogP contribution in [0.15, 0.2) is 84.0 Å². The van der Waals surface area contributed by atoms with Crippen molar-refractivity contribution < 1.29 is 23.5 Å². The number of hydrazone groups is 1. The minimum atomic E-state index is -3.18. The van der Waals surface area contributed by atoms with Crippen LogP contribution < -0.4 is 5.01 Å². The molecule has 0 aliphatic carbocycles. The Morgan fingerprint density at radius 2 is 1.74 bits per heavy atom. The van der Waals surface area contributed by atoms with Crippen LogP contribution in [0.25, 0.3) is 0 Å². The molecule has 0 radical (unpaired) electrons. The molecule has 3 heterocycles. The molecule has 7 nitrogen and oxygen atoms in total. The van der Waals surface area contributed by atoms with E-state index in [0.29, 0.717) is 38.6 Å². The quantitative estimate of drug-likeness (QED) is 0.216. The second-order valence-electron chi connectivity index (χ2n) is 13.5. The number of carbonyl (C=O) groups is 2. The molecule has 6 rings (SSSR count). The van der Waals surface area contributed by atoms with Gasteiger partial charge < -0.3 is 18.9 Å². The van der Waals surface area contributed by atoms with Gasteiger partial charge in [-0.15, -0.1) is 0 Å². The van der Waals surface area contributed by atoms with Gasteiger partial charge in [0.1, 0.15) is 0 Å². The van der Waals surface area contributed by atoms with E-state index in [4.69, 9.17) is 9.84 Å². The smallest absolute Gasteiger partial charge is 0.247 e. The van der Waals surface area contributed by atoms with Crippen LogP contribution in [0.4, 0.5) is 9.80 Å². The molecule has 0 spiro atoms. The molecular formula is C37H44FN3O4Si. The molecule has 242 valence electrons. The van der Waals surface area contributed by atoms with E-state index < -0.39 is 14.5 Å². The van der Waals surface area contributed by atoms with Crippen LogP contribution in [-0.2, 0) is 33.7 Å². The molecule has 0 aromatic heterocycles. The fourth-order valence-electron chi connectivity index (χ4n) is 7.65. The number of aliphatic hydroxyl groups is 1. The molecule has 9 heteroatoms. The van der Waals surface area contributed by atoms with Crippen molar-refractivity contribution in [3.63, 3.8) is 0 Å². The summed E-state index contributed by atoms with van der Waals surface area (Å²) in [5.41, 5.74) is 5.62. The maximum atomic E-state index is 15.9. The average molecular weight is 642 g/mol. The Morgan fingerprint density at radius 1 is 1.00 bits per heavy atom. The van der Waals surface area contributed by atoms with Crippen molar-refractivity contribution in [2.24, 2.45) is 11.0 Å². The number of rotatable bonds is 9. The highest BCUT2D eigenvalue weighted by Crippen LogP contribution is 2.47. The average Bonchev–Trinajstić information content (AvgIpc) is 3.38. The van der Waals surface area contributed by atoms with E-state index >= 15 is 4.11 Å². The number of amides is 2. The molecule has 3 aliphatic rings. The summed E-state index contributed by atoms with van der Waals surface area (Å²) in [7, 11) is -3.18. The third-order valence-electron chi connectivity index (χ3n) is 9.97. The van der Waals surface area contributed by atoms with E-state index in [2.05, 4.69) is 13.0 Å². The van der Waals surface area contributed by atoms with Crippen LogP contribution in [0.2, 0.25) is 18.6 Å². The molecule has 1 fully saturated rings. The molecule has 2 amide bonds. The van der Waals surface area contributed by atoms with Crippen molar-refractivity contribution >= 4 is 31.6 Å². The maximum absolute atomic E-state index is 15.9. The summed E-state index contributed by atoms with van der Waals surface area (Å²) in [6, 6.07) is 25.6. The number of nitrogens with zero attached hydrogens (tertiary/aromatic N) is 3. The number of halogens is 1. The zero-order valence-corrected chi connectivity index (χ0v) is 27.9. The Hall–Kier alpha value is -3.66. The van der Waals surface area contributed by atoms with Crippen LogP contribution in [0.1, 0.15) is 54.9 Å². The van der Waals surface area contributed by atoms with Gasteiger partial charge in [0, 0.05) is 24.9 Å². The van der Waals surface area contributed by atoms with Gasteiger partial charge in [0.05, 0.1) is 42.7 Å². The largest absolute Gasteiger partial charge is 0.394 e. The summed E-state index contributed by atoms with van der Waals surface area (Å²) < 4.78 is 22.4. The maximum Gasteiger partial charge on any atom is 0.247 e. The normalized spacial score (nSPS) is 24.9. The molecule has 1 N–H and O–H groups in total. The van der Waals surface area contributed by atoms with Crippen LogP contribution in [0.5, 0.6) is 0 Å². The number of aryl methyl sites for hydroxylation is 1. The summed E-state index contributed by atoms with van der Waals surface area (Å²) in [6.07, 6.45) is 2.41. The monoisotopic (exact) mass is 641 g/mol. The predicted molar refractivity (Wildman–Crippen MR) is 181 cm³/mol. The fraction of sp³-hybridized carbons (Fsp3) is 0.432. The van der Waals surface area contributed by atoms with Crippen LogP contribution in [0, 0.1) is 5.92 Å². The molecule has 3 aliphatic heterocycles. The third kappa shape index (κ3) is 6.87. The molecule has 46 heavy (non-hydrogen) atoms. The van der Waals surface area contributed by atoms with Crippen molar-refractivity contribution in [1.82, 2.24) is 4.90 Å². The first-order valence-electron chi connectivity index (χ1n) is 16.5. The van der Waals surface area contributed by atoms with Crippen molar-refractivity contribution in [3.8, 4) is 0 Å². The SMILES string of the molecule is C[C@H]1[C@H]([Si](C)(C)F)[C@@H](CC(=O)N2Cc3ccccc3C[C@H]2CO)O[C@H]1CCc1cccc(N2N=C(c3ccccc3)CCC2=O)c1. The Labute approximate surface area is 272 Å². The van der Waals surface area contributed by atoms with Crippen LogP contribution in [0.3, 0.4) is 0 Å². The lowest BCUT2D eigenvalue weighted by Crippen LogP contribution is -2.48. The second kappa shape index (κ2) is 13.6. The number of aliphatic hydroxyl groups excluding tert-OH is 1. The highest BCUT2D eigenvalue weighted by molar-refractivity contribution is 6.72. The number of hydrogen-bond donors (Lipinski definition) is 1. The number of anilines is 1. The molecule has 1 saturated heterocycles. The lowest BCUT2D eigenvalue weighted by molar-refractivity contribution is -0.138. The van der Waals surface area contributed by atoms with Crippen LogP contribution >= 0.6 is 0 Å². The van der Waals surface area contributed by atoms with Crippen LogP contribution in [-0.4, -0.2) is 60.8 Å². The van der Waals surface area contributed by atoms with E-state index in [1.807, 2.05) is 72.8 Å². The van der Waals surface area contributed by atoms with E-state index in [9.17, 15) is 14.7 Å². The molecule has 0 unspecified atom stereocenters. The van der Waals surface area contributed by atoms with Gasteiger partial charge >= 0.3 is 0 Å². The van der Waals surface area contributed by atoms with E-state index in [-0.39, 0.29) is 48.4 Å². The predicted octanol–water partition coefficient (Wildman–Crippen LogP) is 6.43. The lowest BCUT2D eigenvalue weighted by Gasteiger charge is -2.37. The molecular weight excluding hydrogens is 598 g/mol. The molecule has 3 aromatic rings. The van der Waals surface area contributed by atoms with E-state index in [1.165, 1.54) is 5.01 Å². The number of hydrogen-bond acceptors (Lipinski definition) is 5. The first kappa shape index (κ1) is 32.3. The molecule has 5 atom stereocenters. The first-order chi connectivity index (χ1) is 22.1. The van der Waals surface area contributed by atoms with Gasteiger partial charge in [0.2, 0.25) is 20.2 Å². The van der Waals surface area contributed by atoms with E-state index in [0.717, 1.165) is 33.7 Å². The summed E-state index contributed by atoms with van der Waals surface area (Å²) in [4.78, 5) is 28.4. The molecule has 0 bridgehead atoms. The van der Waals surface area contributed by atoms with Crippen molar-refractivity contribution in [2.75, 3.05) is 11.6 Å². The summed E-state index contributed by atoms with van der Waals surface area (Å²) in [5.74, 6) is -0.162. The highest BCUT2D eigenvalue weighted by atomic mass is 28.4. The third-order valence-corrected chi connectivity index (χ3v) is 12.5. The summed E-state index contributed by atoms with van der Waals surface area (Å²) in [6.45, 7) is 5.82. The zero-order valence-electron chi connectivity index (χ0n) is 26.9. The number of ether oxygens (including phenoxy) is 1. The van der Waals surface area contributed by atoms with E-state index in [1.54, 1.807) is 18.0 Å². The Kier molecular flexibility index (Phi) is 9.54. The Balaban J connectivity index is 1.14. The number of fused-ring (bicyclic) bond motifs is 1. The first-order valence-corrected chi connectivity index (χ1v) is 19.4. The van der Waals surface area contributed by atoms with Gasteiger partial charge in [0.25, 0.3) is 0 Å². The van der Waals surface area contributed by atoms with Crippen molar-refractivity contribution in [1.29, 1.82) is 0 Å². The Bertz CT molecular complexity index is 1590. The minimum absolute atomic E-state index is 0.0318. The van der Waals surface area contributed by atoms with Gasteiger partial charge in [-0.1, -0.05) is 73.7 Å². The highest BCUT2D eigenvalue weighted by Gasteiger charge is 2.52. The fourth-order valence-corrected chi connectivity index (χ4v) is 10.2. The summed E-state index contributed by atoms with van der Waals surface area (Å²) in [5, 5.41) is 16.3. The van der Waals surface area contributed by atoms with Crippen molar-refractivity contribution in [3.05, 3.63) is 101 Å². The standard InChI is InChI=1S/C37H44FN3O4Si/c1-25-33(18-16-26-10-9-15-30(20-26)41-35(43)19-17-32(39-41)27-11-5-4-6-12-27)45-34(37(25)46(2,3)38)22-36(44)40-23-29-14-8-7-13-28(29)21-31(40)24-42/h4-15,20,25,31,33-34,37,42H,16-19,21-24H2,1-3H3/t25-,31+,33+,34-,37+/m1/s1. The van der Waals surface area contributed by atoms with Gasteiger partial charge in [-0.2, -0.15) is 5.10 Å².